The molecular weight excluding hydrogens is 257 g/mol. The summed E-state index contributed by atoms with van der Waals surface area (Å²) >= 11 is 0. The quantitative estimate of drug-likeness (QED) is 0.904. The predicted octanol–water partition coefficient (Wildman–Crippen LogP) is 1.87. The first-order valence-electron chi connectivity index (χ1n) is 6.72. The molecule has 0 bridgehead atoms. The van der Waals surface area contributed by atoms with Crippen LogP contribution in [-0.4, -0.2) is 22.2 Å². The van der Waals surface area contributed by atoms with Crippen LogP contribution >= 0.6 is 0 Å². The first-order chi connectivity index (χ1) is 9.71. The van der Waals surface area contributed by atoms with Crippen LogP contribution in [0, 0.1) is 5.82 Å². The number of nitrogens with zero attached hydrogens (tertiary/aromatic N) is 2. The van der Waals surface area contributed by atoms with Gasteiger partial charge in [0.1, 0.15) is 5.82 Å². The van der Waals surface area contributed by atoms with Crippen molar-refractivity contribution in [2.24, 2.45) is 0 Å². The Morgan fingerprint density at radius 1 is 1.35 bits per heavy atom. The van der Waals surface area contributed by atoms with Crippen molar-refractivity contribution in [3.05, 3.63) is 54.1 Å². The van der Waals surface area contributed by atoms with Crippen molar-refractivity contribution in [3.8, 4) is 0 Å². The van der Waals surface area contributed by atoms with Gasteiger partial charge in [0.05, 0.1) is 12.0 Å². The molecule has 3 rings (SSSR count). The van der Waals surface area contributed by atoms with Crippen LogP contribution in [0.3, 0.4) is 0 Å². The minimum absolute atomic E-state index is 0.0243. The summed E-state index contributed by atoms with van der Waals surface area (Å²) in [5, 5.41) is 7.03. The molecule has 1 N–H and O–H groups in total. The van der Waals surface area contributed by atoms with Gasteiger partial charge in [-0.1, -0.05) is 12.1 Å². The summed E-state index contributed by atoms with van der Waals surface area (Å²) < 4.78 is 14.7. The highest BCUT2D eigenvalue weighted by molar-refractivity contribution is 5.91. The largest absolute Gasteiger partial charge is 0.353 e. The Labute approximate surface area is 116 Å². The molecule has 2 aromatic rings. The molecule has 1 heterocycles. The molecule has 1 aromatic carbocycles. The van der Waals surface area contributed by atoms with Crippen LogP contribution in [0.15, 0.2) is 42.7 Å². The maximum absolute atomic E-state index is 12.9. The van der Waals surface area contributed by atoms with E-state index in [1.807, 2.05) is 12.3 Å². The van der Waals surface area contributed by atoms with Crippen LogP contribution in [0.5, 0.6) is 0 Å². The maximum Gasteiger partial charge on any atom is 0.230 e. The summed E-state index contributed by atoms with van der Waals surface area (Å²) in [7, 11) is 0. The number of rotatable bonds is 5. The maximum atomic E-state index is 12.9. The summed E-state index contributed by atoms with van der Waals surface area (Å²) in [6.07, 6.45) is 5.22. The highest BCUT2D eigenvalue weighted by Gasteiger charge is 2.50. The average molecular weight is 273 g/mol. The van der Waals surface area contributed by atoms with Crippen LogP contribution in [-0.2, 0) is 16.8 Å². The first kappa shape index (κ1) is 12.8. The van der Waals surface area contributed by atoms with Gasteiger partial charge in [0.15, 0.2) is 0 Å². The molecule has 0 radical (unpaired) electrons. The second kappa shape index (κ2) is 5.07. The number of hydrogen-bond donors (Lipinski definition) is 1. The Kier molecular flexibility index (Phi) is 3.26. The van der Waals surface area contributed by atoms with Gasteiger partial charge in [0, 0.05) is 18.9 Å². The number of carbonyl (C=O) groups is 1. The molecule has 104 valence electrons. The predicted molar refractivity (Wildman–Crippen MR) is 72.5 cm³/mol. The smallest absolute Gasteiger partial charge is 0.230 e. The summed E-state index contributed by atoms with van der Waals surface area (Å²) in [6, 6.07) is 8.08. The van der Waals surface area contributed by atoms with Crippen molar-refractivity contribution in [1.29, 1.82) is 0 Å². The second-order valence-corrected chi connectivity index (χ2v) is 5.11. The van der Waals surface area contributed by atoms with Crippen molar-refractivity contribution in [1.82, 2.24) is 15.1 Å². The van der Waals surface area contributed by atoms with Crippen LogP contribution in [0.25, 0.3) is 0 Å². The van der Waals surface area contributed by atoms with Gasteiger partial charge >= 0.3 is 0 Å². The first-order valence-corrected chi connectivity index (χ1v) is 6.72. The van der Waals surface area contributed by atoms with Gasteiger partial charge in [-0.3, -0.25) is 9.48 Å². The normalized spacial score (nSPS) is 15.8. The second-order valence-electron chi connectivity index (χ2n) is 5.11. The molecule has 0 spiro atoms. The minimum Gasteiger partial charge on any atom is -0.353 e. The van der Waals surface area contributed by atoms with Crippen molar-refractivity contribution < 1.29 is 9.18 Å². The van der Waals surface area contributed by atoms with Gasteiger partial charge < -0.3 is 5.32 Å². The number of carbonyl (C=O) groups excluding carboxylic acids is 1. The number of halogens is 1. The Bertz CT molecular complexity index is 588. The summed E-state index contributed by atoms with van der Waals surface area (Å²) in [4.78, 5) is 12.3. The van der Waals surface area contributed by atoms with E-state index in [4.69, 9.17) is 0 Å². The van der Waals surface area contributed by atoms with E-state index >= 15 is 0 Å². The topological polar surface area (TPSA) is 46.9 Å². The number of aromatic nitrogens is 2. The monoisotopic (exact) mass is 273 g/mol. The number of amides is 1. The van der Waals surface area contributed by atoms with Crippen molar-refractivity contribution in [2.45, 2.75) is 24.8 Å². The lowest BCUT2D eigenvalue weighted by Crippen LogP contribution is -2.36. The van der Waals surface area contributed by atoms with Crippen LogP contribution in [0.4, 0.5) is 4.39 Å². The van der Waals surface area contributed by atoms with E-state index in [-0.39, 0.29) is 11.7 Å². The summed E-state index contributed by atoms with van der Waals surface area (Å²) in [5.41, 5.74) is 0.452. The highest BCUT2D eigenvalue weighted by Crippen LogP contribution is 2.48. The van der Waals surface area contributed by atoms with Gasteiger partial charge in [-0.15, -0.1) is 0 Å². The molecule has 1 saturated carbocycles. The van der Waals surface area contributed by atoms with E-state index in [9.17, 15) is 9.18 Å². The van der Waals surface area contributed by atoms with Crippen molar-refractivity contribution in [2.75, 3.05) is 6.54 Å². The third-order valence-electron chi connectivity index (χ3n) is 3.77. The van der Waals surface area contributed by atoms with Gasteiger partial charge in [-0.25, -0.2) is 4.39 Å². The molecule has 0 atom stereocenters. The van der Waals surface area contributed by atoms with E-state index in [0.29, 0.717) is 13.1 Å². The average Bonchev–Trinajstić information content (AvgIpc) is 3.10. The molecule has 1 fully saturated rings. The molecule has 0 aliphatic heterocycles. The lowest BCUT2D eigenvalue weighted by Gasteiger charge is -2.15. The molecule has 20 heavy (non-hydrogen) atoms. The van der Waals surface area contributed by atoms with E-state index in [2.05, 4.69) is 10.4 Å². The van der Waals surface area contributed by atoms with Crippen LogP contribution in [0.2, 0.25) is 0 Å². The number of benzene rings is 1. The Balaban J connectivity index is 1.60. The highest BCUT2D eigenvalue weighted by atomic mass is 19.1. The van der Waals surface area contributed by atoms with Gasteiger partial charge in [-0.2, -0.15) is 5.10 Å². The fourth-order valence-electron chi connectivity index (χ4n) is 2.43. The molecule has 1 aliphatic carbocycles. The van der Waals surface area contributed by atoms with Gasteiger partial charge in [0.25, 0.3) is 0 Å². The zero-order valence-electron chi connectivity index (χ0n) is 11.1. The zero-order valence-corrected chi connectivity index (χ0v) is 11.1. The minimum atomic E-state index is -0.447. The summed E-state index contributed by atoms with van der Waals surface area (Å²) in [6.45, 7) is 1.20. The van der Waals surface area contributed by atoms with Crippen LogP contribution in [0.1, 0.15) is 18.4 Å². The molecule has 4 nitrogen and oxygen atoms in total. The van der Waals surface area contributed by atoms with E-state index in [1.54, 1.807) is 23.0 Å². The van der Waals surface area contributed by atoms with Crippen molar-refractivity contribution in [3.63, 3.8) is 0 Å². The van der Waals surface area contributed by atoms with Crippen molar-refractivity contribution >= 4 is 5.91 Å². The number of nitrogens with one attached hydrogen (secondary N) is 1. The lowest BCUT2D eigenvalue weighted by atomic mass is 9.95. The molecule has 5 heteroatoms. The summed E-state index contributed by atoms with van der Waals surface area (Å²) in [5.74, 6) is -0.250. The third-order valence-corrected chi connectivity index (χ3v) is 3.77. The van der Waals surface area contributed by atoms with Gasteiger partial charge in [-0.05, 0) is 36.6 Å². The molecule has 0 saturated heterocycles. The molecule has 1 amide bonds. The lowest BCUT2D eigenvalue weighted by molar-refractivity contribution is -0.123. The number of hydrogen-bond acceptors (Lipinski definition) is 2. The third kappa shape index (κ3) is 2.43. The Morgan fingerprint density at radius 3 is 2.70 bits per heavy atom. The Morgan fingerprint density at radius 2 is 2.10 bits per heavy atom. The van der Waals surface area contributed by atoms with E-state index in [1.165, 1.54) is 12.1 Å². The molecule has 1 aromatic heterocycles. The molecule has 1 aliphatic rings. The van der Waals surface area contributed by atoms with E-state index in [0.717, 1.165) is 18.4 Å². The Hall–Kier alpha value is -2.17. The SMILES string of the molecule is O=C(NCCn1cccn1)C1(c2ccc(F)cc2)CC1. The van der Waals surface area contributed by atoms with Gasteiger partial charge in [0.2, 0.25) is 5.91 Å². The fraction of sp³-hybridized carbons (Fsp3) is 0.333. The van der Waals surface area contributed by atoms with E-state index < -0.39 is 5.41 Å². The van der Waals surface area contributed by atoms with Crippen LogP contribution < -0.4 is 5.32 Å². The fourth-order valence-corrected chi connectivity index (χ4v) is 2.43. The standard InChI is InChI=1S/C15H16FN3O/c16-13-4-2-12(3-5-13)15(6-7-15)14(20)17-9-11-19-10-1-8-18-19/h1-5,8,10H,6-7,9,11H2,(H,17,20). The zero-order chi connectivity index (χ0) is 14.0. The molecule has 0 unspecified atom stereocenters. The molecular formula is C15H16FN3O.